The number of ether oxygens (including phenoxy) is 1. The van der Waals surface area contributed by atoms with Crippen LogP contribution in [0.25, 0.3) is 0 Å². The van der Waals surface area contributed by atoms with Gasteiger partial charge in [0.25, 0.3) is 0 Å². The number of ketones is 1. The Balaban J connectivity index is 1.77. The molecule has 0 fully saturated rings. The van der Waals surface area contributed by atoms with Gasteiger partial charge in [-0.2, -0.15) is 0 Å². The molecule has 4 heteroatoms. The Morgan fingerprint density at radius 2 is 1.86 bits per heavy atom. The second-order valence-corrected chi connectivity index (χ2v) is 11.3. The molecular formula is C18H26O3Si. The minimum atomic E-state index is -1.68. The lowest BCUT2D eigenvalue weighted by Crippen LogP contribution is -2.40. The standard InChI is InChI=1S/C18H26O3Si/c1-22(2,3)21-18(13-11-16(19)15-18)12-7-8-14-20-17-9-5-4-6-10-17/h4-6,9-11,13H,7-8,12,14-15H2,1-3H3. The lowest BCUT2D eigenvalue weighted by molar-refractivity contribution is -0.116. The van der Waals surface area contributed by atoms with E-state index in [1.54, 1.807) is 6.08 Å². The molecule has 1 aliphatic rings. The third kappa shape index (κ3) is 5.43. The first kappa shape index (κ1) is 17.0. The molecule has 0 N–H and O–H groups in total. The maximum absolute atomic E-state index is 11.6. The third-order valence-electron chi connectivity index (χ3n) is 3.56. The van der Waals surface area contributed by atoms with Gasteiger partial charge in [-0.3, -0.25) is 4.79 Å². The van der Waals surface area contributed by atoms with Crippen molar-refractivity contribution < 1.29 is 14.0 Å². The predicted molar refractivity (Wildman–Crippen MR) is 91.7 cm³/mol. The zero-order valence-electron chi connectivity index (χ0n) is 13.8. The van der Waals surface area contributed by atoms with Crippen LogP contribution in [0.5, 0.6) is 5.75 Å². The highest BCUT2D eigenvalue weighted by Gasteiger charge is 2.38. The van der Waals surface area contributed by atoms with E-state index in [0.717, 1.165) is 25.0 Å². The molecule has 120 valence electrons. The Kier molecular flexibility index (Phi) is 5.59. The topological polar surface area (TPSA) is 35.5 Å². The van der Waals surface area contributed by atoms with Crippen LogP contribution in [-0.4, -0.2) is 26.3 Å². The lowest BCUT2D eigenvalue weighted by Gasteiger charge is -2.34. The van der Waals surface area contributed by atoms with Crippen LogP contribution in [0, 0.1) is 0 Å². The molecule has 0 heterocycles. The number of para-hydroxylation sites is 1. The fourth-order valence-corrected chi connectivity index (χ4v) is 4.26. The van der Waals surface area contributed by atoms with E-state index >= 15 is 0 Å². The van der Waals surface area contributed by atoms with Crippen molar-refractivity contribution in [1.82, 2.24) is 0 Å². The number of hydrogen-bond donors (Lipinski definition) is 0. The first-order valence-corrected chi connectivity index (χ1v) is 11.4. The molecule has 0 saturated heterocycles. The van der Waals surface area contributed by atoms with E-state index < -0.39 is 8.32 Å². The molecule has 1 aromatic rings. The normalized spacial score (nSPS) is 21.3. The van der Waals surface area contributed by atoms with Gasteiger partial charge in [-0.15, -0.1) is 0 Å². The Morgan fingerprint density at radius 1 is 1.14 bits per heavy atom. The molecule has 22 heavy (non-hydrogen) atoms. The van der Waals surface area contributed by atoms with E-state index in [-0.39, 0.29) is 11.4 Å². The molecule has 0 radical (unpaired) electrons. The lowest BCUT2D eigenvalue weighted by atomic mass is 9.96. The van der Waals surface area contributed by atoms with Gasteiger partial charge in [0, 0.05) is 6.42 Å². The summed E-state index contributed by atoms with van der Waals surface area (Å²) in [6.45, 7) is 7.21. The fraction of sp³-hybridized carbons (Fsp3) is 0.500. The van der Waals surface area contributed by atoms with Gasteiger partial charge in [-0.25, -0.2) is 0 Å². The third-order valence-corrected chi connectivity index (χ3v) is 4.58. The molecule has 3 nitrogen and oxygen atoms in total. The first-order chi connectivity index (χ1) is 10.4. The van der Waals surface area contributed by atoms with Crippen LogP contribution in [-0.2, 0) is 9.22 Å². The maximum atomic E-state index is 11.6. The summed E-state index contributed by atoms with van der Waals surface area (Å²) in [6.07, 6.45) is 7.00. The van der Waals surface area contributed by atoms with Crippen LogP contribution in [0.2, 0.25) is 19.6 Å². The fourth-order valence-electron chi connectivity index (χ4n) is 2.79. The summed E-state index contributed by atoms with van der Waals surface area (Å²) in [5.41, 5.74) is -0.367. The van der Waals surface area contributed by atoms with Crippen molar-refractivity contribution in [2.24, 2.45) is 0 Å². The minimum Gasteiger partial charge on any atom is -0.494 e. The van der Waals surface area contributed by atoms with E-state index in [2.05, 4.69) is 19.6 Å². The van der Waals surface area contributed by atoms with Gasteiger partial charge < -0.3 is 9.16 Å². The highest BCUT2D eigenvalue weighted by atomic mass is 28.4. The van der Waals surface area contributed by atoms with Crippen LogP contribution >= 0.6 is 0 Å². The number of rotatable bonds is 8. The Labute approximate surface area is 134 Å². The second kappa shape index (κ2) is 7.25. The summed E-state index contributed by atoms with van der Waals surface area (Å²) in [4.78, 5) is 11.6. The van der Waals surface area contributed by atoms with Gasteiger partial charge in [-0.1, -0.05) is 24.3 Å². The van der Waals surface area contributed by atoms with Gasteiger partial charge in [0.2, 0.25) is 0 Å². The zero-order valence-corrected chi connectivity index (χ0v) is 14.8. The molecule has 1 aromatic carbocycles. The van der Waals surface area contributed by atoms with Crippen molar-refractivity contribution >= 4 is 14.1 Å². The van der Waals surface area contributed by atoms with Gasteiger partial charge in [0.1, 0.15) is 5.75 Å². The van der Waals surface area contributed by atoms with Gasteiger partial charge >= 0.3 is 0 Å². The highest BCUT2D eigenvalue weighted by molar-refractivity contribution is 6.69. The Hall–Kier alpha value is -1.39. The number of hydrogen-bond acceptors (Lipinski definition) is 3. The molecule has 0 aliphatic heterocycles. The molecule has 1 aliphatic carbocycles. The molecule has 0 bridgehead atoms. The van der Waals surface area contributed by atoms with Crippen LogP contribution in [0.4, 0.5) is 0 Å². The molecule has 0 spiro atoms. The summed E-state index contributed by atoms with van der Waals surface area (Å²) in [5, 5.41) is 0. The number of allylic oxidation sites excluding steroid dienone is 1. The monoisotopic (exact) mass is 318 g/mol. The SMILES string of the molecule is C[Si](C)(C)OC1(CCCCOc2ccccc2)C=CC(=O)C1. The summed E-state index contributed by atoms with van der Waals surface area (Å²) in [6, 6.07) is 9.86. The van der Waals surface area contributed by atoms with Crippen molar-refractivity contribution in [3.8, 4) is 5.75 Å². The summed E-state index contributed by atoms with van der Waals surface area (Å²) >= 11 is 0. The van der Waals surface area contributed by atoms with Crippen molar-refractivity contribution in [3.63, 3.8) is 0 Å². The average molecular weight is 318 g/mol. The minimum absolute atomic E-state index is 0.179. The van der Waals surface area contributed by atoms with Crippen molar-refractivity contribution in [3.05, 3.63) is 42.5 Å². The van der Waals surface area contributed by atoms with E-state index in [4.69, 9.17) is 9.16 Å². The zero-order chi connectivity index (χ0) is 16.1. The summed E-state index contributed by atoms with van der Waals surface area (Å²) < 4.78 is 12.0. The largest absolute Gasteiger partial charge is 0.494 e. The van der Waals surface area contributed by atoms with Crippen molar-refractivity contribution in [2.45, 2.75) is 50.9 Å². The quantitative estimate of drug-likeness (QED) is 0.528. The molecule has 0 aromatic heterocycles. The second-order valence-electron chi connectivity index (χ2n) is 6.87. The van der Waals surface area contributed by atoms with Gasteiger partial charge in [0.05, 0.1) is 12.2 Å². The number of carbonyl (C=O) groups is 1. The smallest absolute Gasteiger partial charge is 0.184 e. The molecule has 2 rings (SSSR count). The molecule has 1 atom stereocenters. The molecule has 0 amide bonds. The van der Waals surface area contributed by atoms with Crippen LogP contribution < -0.4 is 4.74 Å². The number of benzene rings is 1. The maximum Gasteiger partial charge on any atom is 0.184 e. The summed E-state index contributed by atoms with van der Waals surface area (Å²) in [5.74, 6) is 1.09. The molecule has 0 saturated carbocycles. The van der Waals surface area contributed by atoms with E-state index in [9.17, 15) is 4.79 Å². The average Bonchev–Trinajstić information content (AvgIpc) is 2.79. The first-order valence-electron chi connectivity index (χ1n) is 7.99. The Bertz CT molecular complexity index is 519. The van der Waals surface area contributed by atoms with E-state index in [1.165, 1.54) is 0 Å². The number of unbranched alkanes of at least 4 members (excludes halogenated alkanes) is 1. The highest BCUT2D eigenvalue weighted by Crippen LogP contribution is 2.33. The number of carbonyl (C=O) groups excluding carboxylic acids is 1. The van der Waals surface area contributed by atoms with Crippen LogP contribution in [0.3, 0.4) is 0 Å². The van der Waals surface area contributed by atoms with Crippen LogP contribution in [0.15, 0.2) is 42.5 Å². The summed E-state index contributed by atoms with van der Waals surface area (Å²) in [7, 11) is -1.68. The van der Waals surface area contributed by atoms with Crippen molar-refractivity contribution in [2.75, 3.05) is 6.61 Å². The van der Waals surface area contributed by atoms with Gasteiger partial charge in [-0.05, 0) is 57.1 Å². The molecule has 1 unspecified atom stereocenters. The van der Waals surface area contributed by atoms with E-state index in [1.807, 2.05) is 36.4 Å². The predicted octanol–water partition coefficient (Wildman–Crippen LogP) is 4.36. The van der Waals surface area contributed by atoms with E-state index in [0.29, 0.717) is 13.0 Å². The van der Waals surface area contributed by atoms with Crippen LogP contribution in [0.1, 0.15) is 25.7 Å². The Morgan fingerprint density at radius 3 is 2.45 bits per heavy atom. The molecular weight excluding hydrogens is 292 g/mol. The van der Waals surface area contributed by atoms with Gasteiger partial charge in [0.15, 0.2) is 14.1 Å². The van der Waals surface area contributed by atoms with Crippen molar-refractivity contribution in [1.29, 1.82) is 0 Å².